The summed E-state index contributed by atoms with van der Waals surface area (Å²) in [6.07, 6.45) is 0. The Kier molecular flexibility index (Phi) is 4.05. The van der Waals surface area contributed by atoms with Gasteiger partial charge in [0.05, 0.1) is 4.90 Å². The van der Waals surface area contributed by atoms with Crippen molar-refractivity contribution in [3.05, 3.63) is 53.4 Å². The van der Waals surface area contributed by atoms with E-state index in [-0.39, 0.29) is 0 Å². The summed E-state index contributed by atoms with van der Waals surface area (Å²) in [4.78, 5) is 0.0195. The van der Waals surface area contributed by atoms with Crippen molar-refractivity contribution in [3.8, 4) is 0 Å². The zero-order valence-corrected chi connectivity index (χ0v) is 10.8. The van der Waals surface area contributed by atoms with Gasteiger partial charge < -0.3 is 0 Å². The van der Waals surface area contributed by atoms with Crippen LogP contribution >= 0.6 is 24.4 Å². The highest BCUT2D eigenvalue weighted by atomic mass is 32.2. The Hall–Kier alpha value is -1.21. The third-order valence-corrected chi connectivity index (χ3v) is 3.59. The molecule has 7 heteroatoms. The summed E-state index contributed by atoms with van der Waals surface area (Å²) < 4.78 is 65.6. The Morgan fingerprint density at radius 2 is 1.11 bits per heavy atom. The highest BCUT2D eigenvalue weighted by Gasteiger charge is 2.26. The van der Waals surface area contributed by atoms with E-state index >= 15 is 0 Å². The van der Waals surface area contributed by atoms with Crippen molar-refractivity contribution in [2.75, 3.05) is 0 Å². The standard InChI is InChI=1S/C12H5F5S2/c13-7-8(14)10(16)12(11(17)9(7)15)19-6-3-1-5(18)2-4-6/h1-4,18H. The Balaban J connectivity index is 2.48. The quantitative estimate of drug-likeness (QED) is 0.359. The molecule has 0 aliphatic carbocycles. The summed E-state index contributed by atoms with van der Waals surface area (Å²) in [5.41, 5.74) is 0. The summed E-state index contributed by atoms with van der Waals surface area (Å²) in [7, 11) is 0. The number of hydrogen-bond donors (Lipinski definition) is 1. The first-order chi connectivity index (χ1) is 8.91. The smallest absolute Gasteiger partial charge is 0.200 e. The maximum Gasteiger partial charge on any atom is 0.200 e. The van der Waals surface area contributed by atoms with Gasteiger partial charge in [0.2, 0.25) is 5.82 Å². The molecular weight excluding hydrogens is 303 g/mol. The Morgan fingerprint density at radius 3 is 1.58 bits per heavy atom. The molecule has 2 aromatic rings. The second kappa shape index (κ2) is 5.42. The average Bonchev–Trinajstić information content (AvgIpc) is 2.41. The van der Waals surface area contributed by atoms with Gasteiger partial charge in [0.15, 0.2) is 23.3 Å². The normalized spacial score (nSPS) is 10.8. The molecule has 0 aliphatic heterocycles. The molecule has 0 spiro atoms. The lowest BCUT2D eigenvalue weighted by Crippen LogP contribution is -2.03. The predicted molar refractivity (Wildman–Crippen MR) is 64.0 cm³/mol. The van der Waals surface area contributed by atoms with Crippen molar-refractivity contribution >= 4 is 24.4 Å². The lowest BCUT2D eigenvalue weighted by atomic mass is 10.3. The summed E-state index contributed by atoms with van der Waals surface area (Å²) in [6.45, 7) is 0. The van der Waals surface area contributed by atoms with Crippen LogP contribution in [0.2, 0.25) is 0 Å². The highest BCUT2D eigenvalue weighted by molar-refractivity contribution is 7.99. The van der Waals surface area contributed by atoms with Crippen LogP contribution in [0.3, 0.4) is 0 Å². The molecule has 2 rings (SSSR count). The van der Waals surface area contributed by atoms with Crippen LogP contribution in [0.4, 0.5) is 22.0 Å². The molecule has 0 unspecified atom stereocenters. The maximum absolute atomic E-state index is 13.4. The van der Waals surface area contributed by atoms with Gasteiger partial charge in [-0.3, -0.25) is 0 Å². The molecule has 0 aliphatic rings. The van der Waals surface area contributed by atoms with Crippen LogP contribution in [0.5, 0.6) is 0 Å². The van der Waals surface area contributed by atoms with Crippen molar-refractivity contribution in [1.82, 2.24) is 0 Å². The lowest BCUT2D eigenvalue weighted by molar-refractivity contribution is 0.361. The Morgan fingerprint density at radius 1 is 0.684 bits per heavy atom. The molecule has 0 aromatic heterocycles. The number of thiol groups is 1. The van der Waals surface area contributed by atoms with E-state index in [9.17, 15) is 22.0 Å². The highest BCUT2D eigenvalue weighted by Crippen LogP contribution is 2.35. The molecule has 0 bridgehead atoms. The number of hydrogen-bond acceptors (Lipinski definition) is 2. The van der Waals surface area contributed by atoms with Gasteiger partial charge in [-0.1, -0.05) is 11.8 Å². The second-order valence-corrected chi connectivity index (χ2v) is 5.10. The molecule has 0 amide bonds. The minimum absolute atomic E-state index is 0.334. The van der Waals surface area contributed by atoms with Crippen LogP contribution in [0.25, 0.3) is 0 Å². The Bertz CT molecular complexity index is 596. The van der Waals surface area contributed by atoms with Gasteiger partial charge >= 0.3 is 0 Å². The molecule has 0 atom stereocenters. The van der Waals surface area contributed by atoms with E-state index < -0.39 is 34.0 Å². The van der Waals surface area contributed by atoms with E-state index in [1.165, 1.54) is 24.3 Å². The largest absolute Gasteiger partial charge is 0.202 e. The van der Waals surface area contributed by atoms with Gasteiger partial charge in [0, 0.05) is 9.79 Å². The first kappa shape index (κ1) is 14.2. The molecular formula is C12H5F5S2. The molecule has 0 saturated heterocycles. The summed E-state index contributed by atoms with van der Waals surface area (Å²) >= 11 is 4.47. The number of rotatable bonds is 2. The monoisotopic (exact) mass is 308 g/mol. The van der Waals surface area contributed by atoms with Crippen LogP contribution in [0.15, 0.2) is 39.0 Å². The summed E-state index contributed by atoms with van der Waals surface area (Å²) in [6, 6.07) is 6.01. The zero-order chi connectivity index (χ0) is 14.2. The topological polar surface area (TPSA) is 0 Å². The van der Waals surface area contributed by atoms with Crippen LogP contribution < -0.4 is 0 Å². The minimum Gasteiger partial charge on any atom is -0.202 e. The van der Waals surface area contributed by atoms with Gasteiger partial charge in [0.25, 0.3) is 0 Å². The molecule has 0 nitrogen and oxygen atoms in total. The van der Waals surface area contributed by atoms with E-state index in [1.807, 2.05) is 0 Å². The third kappa shape index (κ3) is 2.71. The van der Waals surface area contributed by atoms with Gasteiger partial charge in [-0.05, 0) is 24.3 Å². The number of benzene rings is 2. The van der Waals surface area contributed by atoms with Gasteiger partial charge in [-0.15, -0.1) is 12.6 Å². The summed E-state index contributed by atoms with van der Waals surface area (Å²) in [5.74, 6) is -9.74. The fraction of sp³-hybridized carbons (Fsp3) is 0. The van der Waals surface area contributed by atoms with E-state index in [0.717, 1.165) is 0 Å². The number of halogens is 5. The fourth-order valence-corrected chi connectivity index (χ4v) is 2.32. The first-order valence-electron chi connectivity index (χ1n) is 4.90. The average molecular weight is 308 g/mol. The van der Waals surface area contributed by atoms with Crippen molar-refractivity contribution in [3.63, 3.8) is 0 Å². The molecule has 19 heavy (non-hydrogen) atoms. The van der Waals surface area contributed by atoms with Crippen LogP contribution in [-0.2, 0) is 0 Å². The van der Waals surface area contributed by atoms with Crippen LogP contribution in [0, 0.1) is 29.1 Å². The third-order valence-electron chi connectivity index (χ3n) is 2.23. The van der Waals surface area contributed by atoms with E-state index in [0.29, 0.717) is 21.6 Å². The van der Waals surface area contributed by atoms with Crippen molar-refractivity contribution in [2.45, 2.75) is 14.7 Å². The first-order valence-corrected chi connectivity index (χ1v) is 6.16. The maximum atomic E-state index is 13.4. The molecule has 0 N–H and O–H groups in total. The van der Waals surface area contributed by atoms with Crippen LogP contribution in [0.1, 0.15) is 0 Å². The van der Waals surface area contributed by atoms with Crippen molar-refractivity contribution in [1.29, 1.82) is 0 Å². The van der Waals surface area contributed by atoms with Gasteiger partial charge in [0.1, 0.15) is 0 Å². The predicted octanol–water partition coefficient (Wildman–Crippen LogP) is 4.82. The molecule has 100 valence electrons. The molecule has 0 heterocycles. The van der Waals surface area contributed by atoms with E-state index in [1.54, 1.807) is 0 Å². The van der Waals surface area contributed by atoms with E-state index in [2.05, 4.69) is 12.6 Å². The van der Waals surface area contributed by atoms with Crippen molar-refractivity contribution in [2.24, 2.45) is 0 Å². The van der Waals surface area contributed by atoms with Crippen molar-refractivity contribution < 1.29 is 22.0 Å². The SMILES string of the molecule is Fc1c(F)c(F)c(Sc2ccc(S)cc2)c(F)c1F. The Labute approximate surface area is 115 Å². The molecule has 0 fully saturated rings. The fourth-order valence-electron chi connectivity index (χ4n) is 1.31. The minimum atomic E-state index is -2.16. The zero-order valence-electron chi connectivity index (χ0n) is 9.05. The van der Waals surface area contributed by atoms with Crippen LogP contribution in [-0.4, -0.2) is 0 Å². The van der Waals surface area contributed by atoms with E-state index in [4.69, 9.17) is 0 Å². The lowest BCUT2D eigenvalue weighted by Gasteiger charge is -2.07. The summed E-state index contributed by atoms with van der Waals surface area (Å²) in [5, 5.41) is 0. The molecule has 2 aromatic carbocycles. The van der Waals surface area contributed by atoms with Gasteiger partial charge in [-0.25, -0.2) is 22.0 Å². The molecule has 0 radical (unpaired) electrons. The molecule has 0 saturated carbocycles. The second-order valence-electron chi connectivity index (χ2n) is 3.49. The van der Waals surface area contributed by atoms with Gasteiger partial charge in [-0.2, -0.15) is 0 Å².